The van der Waals surface area contributed by atoms with Crippen molar-refractivity contribution < 1.29 is 19.8 Å². The lowest BCUT2D eigenvalue weighted by Gasteiger charge is -2.16. The number of allylic oxidation sites excluding steroid dienone is 1. The molecule has 3 heterocycles. The van der Waals surface area contributed by atoms with Crippen molar-refractivity contribution in [2.24, 2.45) is 0 Å². The molecule has 0 amide bonds. The van der Waals surface area contributed by atoms with E-state index in [1.54, 1.807) is 33.9 Å². The number of benzene rings is 4. The van der Waals surface area contributed by atoms with Gasteiger partial charge in [-0.25, -0.2) is 9.36 Å². The van der Waals surface area contributed by atoms with Crippen LogP contribution in [0.15, 0.2) is 133 Å². The molecule has 0 spiro atoms. The fourth-order valence-corrected chi connectivity index (χ4v) is 6.37. The summed E-state index contributed by atoms with van der Waals surface area (Å²) in [6, 6.07) is 28.5. The number of phenolic OH excluding ortho intramolecular Hbond substituents is 2. The molecule has 268 valence electrons. The maximum atomic E-state index is 14.0. The van der Waals surface area contributed by atoms with E-state index in [9.17, 15) is 19.8 Å². The summed E-state index contributed by atoms with van der Waals surface area (Å²) in [4.78, 5) is 28.0. The van der Waals surface area contributed by atoms with Crippen LogP contribution in [0.3, 0.4) is 0 Å². The highest BCUT2D eigenvalue weighted by molar-refractivity contribution is 6.50. The zero-order chi connectivity index (χ0) is 38.1. The monoisotopic (exact) mass is 796 g/mol. The average molecular weight is 798 g/mol. The number of hydrogen-bond acceptors (Lipinski definition) is 9. The van der Waals surface area contributed by atoms with Gasteiger partial charge in [-0.1, -0.05) is 112 Å². The minimum Gasteiger partial charge on any atom is -0.507 e. The summed E-state index contributed by atoms with van der Waals surface area (Å²) < 4.78 is 4.16. The number of para-hydroxylation sites is 2. The molecule has 3 N–H and O–H groups in total. The van der Waals surface area contributed by atoms with Gasteiger partial charge in [0, 0.05) is 11.1 Å². The van der Waals surface area contributed by atoms with E-state index in [-0.39, 0.29) is 37.9 Å². The highest BCUT2D eigenvalue weighted by Gasteiger charge is 2.28. The minimum atomic E-state index is -0.839. The van der Waals surface area contributed by atoms with Gasteiger partial charge in [-0.3, -0.25) is 14.2 Å². The molecule has 0 atom stereocenters. The number of ketones is 2. The molecule has 4 aromatic carbocycles. The maximum Gasteiger partial charge on any atom is 0.216 e. The van der Waals surface area contributed by atoms with Crippen LogP contribution >= 0.6 is 46.4 Å². The molecule has 16 heteroatoms. The normalized spacial score (nSPS) is 11.6. The zero-order valence-corrected chi connectivity index (χ0v) is 30.6. The van der Waals surface area contributed by atoms with E-state index in [2.05, 4.69) is 32.5 Å². The van der Waals surface area contributed by atoms with E-state index in [0.717, 1.165) is 15.9 Å². The predicted octanol–water partition coefficient (Wildman–Crippen LogP) is 8.48. The van der Waals surface area contributed by atoms with E-state index in [4.69, 9.17) is 46.4 Å². The molecule has 0 bridgehead atoms. The maximum absolute atomic E-state index is 14.0. The van der Waals surface area contributed by atoms with Crippen molar-refractivity contribution in [3.05, 3.63) is 160 Å². The third kappa shape index (κ3) is 7.10. The molecule has 0 saturated carbocycles. The molecule has 0 aliphatic carbocycles. The molecular weight excluding hydrogens is 774 g/mol. The van der Waals surface area contributed by atoms with Crippen LogP contribution in [-0.2, 0) is 0 Å². The van der Waals surface area contributed by atoms with Gasteiger partial charge >= 0.3 is 0 Å². The van der Waals surface area contributed by atoms with Gasteiger partial charge in [0.05, 0.1) is 50.8 Å². The summed E-state index contributed by atoms with van der Waals surface area (Å²) >= 11 is 25.9. The fraction of sp³-hybridized carbons (Fsp3) is 0. The van der Waals surface area contributed by atoms with Gasteiger partial charge in [0.25, 0.3) is 0 Å². The van der Waals surface area contributed by atoms with Crippen LogP contribution in [0.4, 0.5) is 0 Å². The number of carbonyl (C=O) groups excluding carboxylic acids is 2. The molecule has 0 radical (unpaired) electrons. The molecular formula is C38H24Cl4N8O4. The molecule has 54 heavy (non-hydrogen) atoms. The first kappa shape index (κ1) is 36.2. The molecule has 3 aromatic heterocycles. The van der Waals surface area contributed by atoms with Crippen LogP contribution in [0.25, 0.3) is 39.0 Å². The average Bonchev–Trinajstić information content (AvgIpc) is 3.94. The van der Waals surface area contributed by atoms with Crippen molar-refractivity contribution in [3.8, 4) is 45.4 Å². The molecule has 7 aromatic rings. The molecule has 7 rings (SSSR count). The Bertz CT molecular complexity index is 2620. The Balaban J connectivity index is 1.21. The predicted molar refractivity (Wildman–Crippen MR) is 206 cm³/mol. The van der Waals surface area contributed by atoms with E-state index in [0.29, 0.717) is 22.5 Å². The SMILES string of the molecule is C=C(Cl)N/C(C(=O)c1ccc(-c2cn(-c3ccccc3)nn2)cc1O)=C(\Cl)n1c(C(=O)c2ccc(-c3cn(-c4ccccc4)nn3)cc2O)cc(Cl)c1Cl. The molecule has 0 aliphatic heterocycles. The fourth-order valence-electron chi connectivity index (χ4n) is 5.51. The van der Waals surface area contributed by atoms with E-state index >= 15 is 0 Å². The van der Waals surface area contributed by atoms with Crippen LogP contribution in [-0.4, -0.2) is 56.3 Å². The van der Waals surface area contributed by atoms with Crippen molar-refractivity contribution in [1.29, 1.82) is 0 Å². The number of phenols is 2. The second-order valence-electron chi connectivity index (χ2n) is 11.6. The smallest absolute Gasteiger partial charge is 0.216 e. The highest BCUT2D eigenvalue weighted by atomic mass is 35.5. The summed E-state index contributed by atoms with van der Waals surface area (Å²) in [5, 5.41) is 40.4. The summed E-state index contributed by atoms with van der Waals surface area (Å²) in [5.41, 5.74) is 2.46. The Kier molecular flexibility index (Phi) is 10.1. The van der Waals surface area contributed by atoms with Crippen molar-refractivity contribution in [1.82, 2.24) is 39.9 Å². The van der Waals surface area contributed by atoms with Crippen LogP contribution in [0.2, 0.25) is 10.2 Å². The first-order valence-corrected chi connectivity index (χ1v) is 17.3. The van der Waals surface area contributed by atoms with Crippen molar-refractivity contribution >= 4 is 63.1 Å². The van der Waals surface area contributed by atoms with Crippen LogP contribution < -0.4 is 5.32 Å². The summed E-state index contributed by atoms with van der Waals surface area (Å²) in [7, 11) is 0. The number of hydrogen-bond donors (Lipinski definition) is 3. The zero-order valence-electron chi connectivity index (χ0n) is 27.5. The summed E-state index contributed by atoms with van der Waals surface area (Å²) in [6.45, 7) is 3.60. The Morgan fingerprint density at radius 3 is 1.67 bits per heavy atom. The third-order valence-corrected chi connectivity index (χ3v) is 9.34. The van der Waals surface area contributed by atoms with E-state index in [1.165, 1.54) is 30.3 Å². The Hall–Kier alpha value is -6.18. The van der Waals surface area contributed by atoms with E-state index in [1.807, 2.05) is 60.7 Å². The second-order valence-corrected chi connectivity index (χ2v) is 13.2. The van der Waals surface area contributed by atoms with E-state index < -0.39 is 28.2 Å². The number of aromatic hydroxyl groups is 2. The molecule has 0 fully saturated rings. The number of nitrogens with one attached hydrogen (secondary N) is 1. The third-order valence-electron chi connectivity index (χ3n) is 8.13. The first-order chi connectivity index (χ1) is 26.0. The number of Topliss-reactive ketones (excluding diaryl/α,β-unsaturated/α-hetero) is 1. The van der Waals surface area contributed by atoms with Gasteiger partial charge in [0.15, 0.2) is 0 Å². The number of nitrogens with zero attached hydrogens (tertiary/aromatic N) is 7. The van der Waals surface area contributed by atoms with Crippen LogP contribution in [0.5, 0.6) is 11.5 Å². The first-order valence-electron chi connectivity index (χ1n) is 15.8. The number of halogens is 4. The van der Waals surface area contributed by atoms with Gasteiger partial charge in [-0.15, -0.1) is 10.2 Å². The number of rotatable bonds is 11. The largest absolute Gasteiger partial charge is 0.507 e. The number of aromatic nitrogens is 7. The lowest BCUT2D eigenvalue weighted by atomic mass is 10.0. The quantitative estimate of drug-likeness (QED) is 0.0665. The topological polar surface area (TPSA) is 153 Å². The van der Waals surface area contributed by atoms with Gasteiger partial charge in [-0.05, 0) is 54.6 Å². The van der Waals surface area contributed by atoms with Crippen LogP contribution in [0, 0.1) is 0 Å². The lowest BCUT2D eigenvalue weighted by Crippen LogP contribution is -2.22. The molecule has 12 nitrogen and oxygen atoms in total. The van der Waals surface area contributed by atoms with Crippen LogP contribution in [0.1, 0.15) is 26.4 Å². The molecule has 0 saturated heterocycles. The van der Waals surface area contributed by atoms with Gasteiger partial charge < -0.3 is 15.5 Å². The van der Waals surface area contributed by atoms with Gasteiger partial charge in [-0.2, -0.15) is 0 Å². The van der Waals surface area contributed by atoms with Crippen molar-refractivity contribution in [2.45, 2.75) is 0 Å². The summed E-state index contributed by atoms with van der Waals surface area (Å²) in [5.74, 6) is -2.39. The summed E-state index contributed by atoms with van der Waals surface area (Å²) in [6.07, 6.45) is 3.35. The van der Waals surface area contributed by atoms with Crippen molar-refractivity contribution in [2.75, 3.05) is 0 Å². The Morgan fingerprint density at radius 1 is 0.685 bits per heavy atom. The molecule has 0 aliphatic rings. The van der Waals surface area contributed by atoms with Gasteiger partial charge in [0.1, 0.15) is 38.9 Å². The number of carbonyl (C=O) groups is 2. The molecule has 0 unspecified atom stereocenters. The Labute approximate surface area is 326 Å². The standard InChI is InChI=1S/C38H24Cl4N8O4/c1-21(39)43-34(36(54)27-15-13-23(17-33(27)52)30-20-49(47-45-30)25-10-6-3-7-11-25)38(42)50-31(18-28(40)37(50)41)35(53)26-14-12-22(16-32(26)51)29-19-48(46-44-29)24-8-4-2-5-9-24/h2-20,43,51-52H,1H2/b38-34+. The highest BCUT2D eigenvalue weighted by Crippen LogP contribution is 2.37. The second kappa shape index (κ2) is 15.0. The van der Waals surface area contributed by atoms with Crippen molar-refractivity contribution in [3.63, 3.8) is 0 Å². The van der Waals surface area contributed by atoms with Gasteiger partial charge in [0.2, 0.25) is 11.6 Å². The minimum absolute atomic E-state index is 0.0842. The lowest BCUT2D eigenvalue weighted by molar-refractivity contribution is 0.101. The Morgan fingerprint density at radius 2 is 1.19 bits per heavy atom.